The molecule has 3 nitrogen and oxygen atoms in total. The fourth-order valence-corrected chi connectivity index (χ4v) is 3.03. The number of nitrogens with zero attached hydrogens (tertiary/aromatic N) is 2. The van der Waals surface area contributed by atoms with Crippen LogP contribution in [0.1, 0.15) is 17.0 Å². The number of hydrogen-bond acceptors (Lipinski definition) is 2. The van der Waals surface area contributed by atoms with Gasteiger partial charge in [-0.1, -0.05) is 60.7 Å². The number of benzene rings is 3. The Morgan fingerprint density at radius 3 is 2.31 bits per heavy atom. The summed E-state index contributed by atoms with van der Waals surface area (Å²) in [5.41, 5.74) is 3.73. The maximum absolute atomic E-state index is 13.1. The van der Waals surface area contributed by atoms with Crippen LogP contribution in [0.2, 0.25) is 0 Å². The molecule has 0 saturated heterocycles. The Morgan fingerprint density at radius 2 is 1.50 bits per heavy atom. The van der Waals surface area contributed by atoms with Gasteiger partial charge < -0.3 is 0 Å². The van der Waals surface area contributed by atoms with Crippen molar-refractivity contribution in [3.63, 3.8) is 0 Å². The van der Waals surface area contributed by atoms with E-state index < -0.39 is 0 Å². The van der Waals surface area contributed by atoms with Crippen molar-refractivity contribution in [3.8, 4) is 5.69 Å². The first-order valence-corrected chi connectivity index (χ1v) is 8.55. The molecule has 3 heteroatoms. The highest BCUT2D eigenvalue weighted by Crippen LogP contribution is 2.16. The van der Waals surface area contributed by atoms with Crippen molar-refractivity contribution in [3.05, 3.63) is 106 Å². The molecule has 0 radical (unpaired) electrons. The van der Waals surface area contributed by atoms with Crippen molar-refractivity contribution < 1.29 is 0 Å². The van der Waals surface area contributed by atoms with E-state index in [1.165, 1.54) is 5.56 Å². The Bertz CT molecular complexity index is 1160. The zero-order valence-corrected chi connectivity index (χ0v) is 14.5. The SMILES string of the molecule is Cc1ccccc1/C=C/c1nc2ccccc2c(=O)n1-c1ccccc1. The van der Waals surface area contributed by atoms with Crippen LogP contribution in [0.4, 0.5) is 0 Å². The van der Waals surface area contributed by atoms with Gasteiger partial charge in [-0.05, 0) is 48.4 Å². The van der Waals surface area contributed by atoms with Gasteiger partial charge in [0.2, 0.25) is 0 Å². The number of fused-ring (bicyclic) bond motifs is 1. The van der Waals surface area contributed by atoms with Crippen LogP contribution in [0.3, 0.4) is 0 Å². The molecule has 3 aromatic carbocycles. The molecule has 0 aliphatic rings. The molecule has 0 bridgehead atoms. The van der Waals surface area contributed by atoms with Crippen molar-refractivity contribution in [1.82, 2.24) is 9.55 Å². The second-order valence-electron chi connectivity index (χ2n) is 6.15. The third-order valence-corrected chi connectivity index (χ3v) is 4.42. The van der Waals surface area contributed by atoms with Gasteiger partial charge in [0.05, 0.1) is 16.6 Å². The first-order valence-electron chi connectivity index (χ1n) is 8.55. The molecule has 1 heterocycles. The topological polar surface area (TPSA) is 34.9 Å². The highest BCUT2D eigenvalue weighted by atomic mass is 16.1. The summed E-state index contributed by atoms with van der Waals surface area (Å²) in [4.78, 5) is 17.9. The van der Waals surface area contributed by atoms with E-state index in [9.17, 15) is 4.79 Å². The molecule has 4 rings (SSSR count). The van der Waals surface area contributed by atoms with Gasteiger partial charge in [0, 0.05) is 0 Å². The molecule has 4 aromatic rings. The van der Waals surface area contributed by atoms with E-state index in [-0.39, 0.29) is 5.56 Å². The van der Waals surface area contributed by atoms with Gasteiger partial charge in [0.1, 0.15) is 5.82 Å². The van der Waals surface area contributed by atoms with Crippen molar-refractivity contribution in [2.75, 3.05) is 0 Å². The molecule has 0 aliphatic carbocycles. The molecular formula is C23H18N2O. The quantitative estimate of drug-likeness (QED) is 0.534. The lowest BCUT2D eigenvalue weighted by Gasteiger charge is -2.11. The molecule has 0 amide bonds. The van der Waals surface area contributed by atoms with Crippen molar-refractivity contribution in [2.24, 2.45) is 0 Å². The molecule has 0 unspecified atom stereocenters. The molecule has 1 aromatic heterocycles. The molecule has 0 saturated carbocycles. The molecule has 0 atom stereocenters. The fourth-order valence-electron chi connectivity index (χ4n) is 3.03. The Labute approximate surface area is 151 Å². The Kier molecular flexibility index (Phi) is 4.20. The summed E-state index contributed by atoms with van der Waals surface area (Å²) in [6.07, 6.45) is 3.91. The van der Waals surface area contributed by atoms with E-state index in [1.807, 2.05) is 78.9 Å². The average Bonchev–Trinajstić information content (AvgIpc) is 2.68. The van der Waals surface area contributed by atoms with E-state index in [0.717, 1.165) is 11.3 Å². The number of hydrogen-bond donors (Lipinski definition) is 0. The number of para-hydroxylation sites is 2. The zero-order chi connectivity index (χ0) is 17.9. The van der Waals surface area contributed by atoms with Crippen LogP contribution in [0.15, 0.2) is 83.7 Å². The van der Waals surface area contributed by atoms with Crippen molar-refractivity contribution >= 4 is 23.1 Å². The number of rotatable bonds is 3. The molecule has 26 heavy (non-hydrogen) atoms. The first kappa shape index (κ1) is 16.0. The second-order valence-corrected chi connectivity index (χ2v) is 6.15. The molecule has 0 aliphatic heterocycles. The summed E-state index contributed by atoms with van der Waals surface area (Å²) in [6.45, 7) is 2.07. The predicted molar refractivity (Wildman–Crippen MR) is 107 cm³/mol. The summed E-state index contributed by atoms with van der Waals surface area (Å²) in [5, 5.41) is 0.615. The average molecular weight is 338 g/mol. The minimum Gasteiger partial charge on any atom is -0.268 e. The lowest BCUT2D eigenvalue weighted by molar-refractivity contribution is 0.944. The summed E-state index contributed by atoms with van der Waals surface area (Å²) in [7, 11) is 0. The minimum absolute atomic E-state index is 0.0637. The highest BCUT2D eigenvalue weighted by molar-refractivity contribution is 5.80. The highest BCUT2D eigenvalue weighted by Gasteiger charge is 2.10. The van der Waals surface area contributed by atoms with Gasteiger partial charge in [-0.25, -0.2) is 4.98 Å². The maximum Gasteiger partial charge on any atom is 0.266 e. The molecule has 0 fully saturated rings. The van der Waals surface area contributed by atoms with Crippen LogP contribution in [-0.4, -0.2) is 9.55 Å². The van der Waals surface area contributed by atoms with E-state index in [1.54, 1.807) is 4.57 Å². The largest absolute Gasteiger partial charge is 0.268 e. The second kappa shape index (κ2) is 6.81. The molecule has 0 N–H and O–H groups in total. The van der Waals surface area contributed by atoms with Crippen molar-refractivity contribution in [2.45, 2.75) is 6.92 Å². The Morgan fingerprint density at radius 1 is 0.808 bits per heavy atom. The first-order chi connectivity index (χ1) is 12.7. The maximum atomic E-state index is 13.1. The van der Waals surface area contributed by atoms with E-state index in [2.05, 4.69) is 19.1 Å². The number of aryl methyl sites for hydroxylation is 1. The Hall–Kier alpha value is -3.46. The van der Waals surface area contributed by atoms with Gasteiger partial charge in [-0.2, -0.15) is 0 Å². The van der Waals surface area contributed by atoms with E-state index >= 15 is 0 Å². The van der Waals surface area contributed by atoms with Gasteiger partial charge >= 0.3 is 0 Å². The lowest BCUT2D eigenvalue weighted by atomic mass is 10.1. The number of aromatic nitrogens is 2. The lowest BCUT2D eigenvalue weighted by Crippen LogP contribution is -2.22. The van der Waals surface area contributed by atoms with Gasteiger partial charge in [-0.15, -0.1) is 0 Å². The van der Waals surface area contributed by atoms with Crippen LogP contribution in [0, 0.1) is 6.92 Å². The minimum atomic E-state index is -0.0637. The van der Waals surface area contributed by atoms with Crippen LogP contribution in [0.25, 0.3) is 28.7 Å². The molecular weight excluding hydrogens is 320 g/mol. The smallest absolute Gasteiger partial charge is 0.266 e. The third kappa shape index (κ3) is 2.95. The third-order valence-electron chi connectivity index (χ3n) is 4.42. The summed E-state index contributed by atoms with van der Waals surface area (Å²) < 4.78 is 1.66. The van der Waals surface area contributed by atoms with Crippen LogP contribution in [-0.2, 0) is 0 Å². The predicted octanol–water partition coefficient (Wildman–Crippen LogP) is 4.86. The van der Waals surface area contributed by atoms with Gasteiger partial charge in [0.25, 0.3) is 5.56 Å². The van der Waals surface area contributed by atoms with Crippen molar-refractivity contribution in [1.29, 1.82) is 0 Å². The summed E-state index contributed by atoms with van der Waals surface area (Å²) in [5.74, 6) is 0.614. The van der Waals surface area contributed by atoms with Crippen LogP contribution < -0.4 is 5.56 Å². The molecule has 0 spiro atoms. The summed E-state index contributed by atoms with van der Waals surface area (Å²) in [6, 6.07) is 25.2. The zero-order valence-electron chi connectivity index (χ0n) is 14.5. The van der Waals surface area contributed by atoms with E-state index in [0.29, 0.717) is 16.7 Å². The van der Waals surface area contributed by atoms with Gasteiger partial charge in [-0.3, -0.25) is 9.36 Å². The van der Waals surface area contributed by atoms with E-state index in [4.69, 9.17) is 4.98 Å². The Balaban J connectivity index is 1.96. The normalized spacial score (nSPS) is 11.3. The summed E-state index contributed by atoms with van der Waals surface area (Å²) >= 11 is 0. The molecule has 126 valence electrons. The monoisotopic (exact) mass is 338 g/mol. The fraction of sp³-hybridized carbons (Fsp3) is 0.0435. The van der Waals surface area contributed by atoms with Crippen LogP contribution >= 0.6 is 0 Å². The van der Waals surface area contributed by atoms with Crippen LogP contribution in [0.5, 0.6) is 0 Å². The van der Waals surface area contributed by atoms with Gasteiger partial charge in [0.15, 0.2) is 0 Å². The standard InChI is InChI=1S/C23H18N2O/c1-17-9-5-6-10-18(17)15-16-22-24-21-14-8-7-13-20(21)23(26)25(22)19-11-3-2-4-12-19/h2-16H,1H3/b16-15+.